The van der Waals surface area contributed by atoms with Gasteiger partial charge in [0.1, 0.15) is 5.52 Å². The number of imidazole rings is 1. The summed E-state index contributed by atoms with van der Waals surface area (Å²) in [5.41, 5.74) is 3.83. The highest BCUT2D eigenvalue weighted by molar-refractivity contribution is 5.83. The third-order valence-electron chi connectivity index (χ3n) is 5.70. The van der Waals surface area contributed by atoms with E-state index in [0.717, 1.165) is 28.2 Å². The first-order chi connectivity index (χ1) is 15.8. The molecule has 0 amide bonds. The quantitative estimate of drug-likeness (QED) is 0.417. The van der Waals surface area contributed by atoms with Gasteiger partial charge in [0, 0.05) is 61.7 Å². The number of nitrogens with one attached hydrogen (secondary N) is 1. The molecule has 5 aromatic heterocycles. The molecule has 0 aliphatic heterocycles. The predicted molar refractivity (Wildman–Crippen MR) is 127 cm³/mol. The molecule has 0 spiro atoms. The standard InChI is InChI=1S/C23H28N10/c1-14(2)31-10-7-18(27-31)17-13-33-20(16(17)5)21(25-19-8-11-32(28-19)15(3)4)26-22(29-33)23-24-9-12-30(23)6/h7-15H,1-6H3,(H,25,26,28,29). The second-order valence-electron chi connectivity index (χ2n) is 8.78. The van der Waals surface area contributed by atoms with Gasteiger partial charge < -0.3 is 9.88 Å². The Labute approximate surface area is 191 Å². The van der Waals surface area contributed by atoms with Gasteiger partial charge in [-0.05, 0) is 46.2 Å². The average molecular weight is 445 g/mol. The van der Waals surface area contributed by atoms with E-state index in [1.807, 2.05) is 62.4 Å². The lowest BCUT2D eigenvalue weighted by Gasteiger charge is -2.09. The van der Waals surface area contributed by atoms with Crippen LogP contribution in [0.2, 0.25) is 0 Å². The number of aromatic nitrogens is 9. The van der Waals surface area contributed by atoms with E-state index in [1.54, 1.807) is 6.20 Å². The highest BCUT2D eigenvalue weighted by Crippen LogP contribution is 2.32. The molecule has 5 heterocycles. The Morgan fingerprint density at radius 1 is 0.909 bits per heavy atom. The molecule has 33 heavy (non-hydrogen) atoms. The topological polar surface area (TPSA) is 95.7 Å². The van der Waals surface area contributed by atoms with Gasteiger partial charge in [0.15, 0.2) is 17.5 Å². The number of rotatable bonds is 6. The van der Waals surface area contributed by atoms with Crippen LogP contribution >= 0.6 is 0 Å². The summed E-state index contributed by atoms with van der Waals surface area (Å²) in [7, 11) is 1.93. The van der Waals surface area contributed by atoms with Crippen molar-refractivity contribution < 1.29 is 0 Å². The number of fused-ring (bicyclic) bond motifs is 1. The van der Waals surface area contributed by atoms with E-state index in [0.29, 0.717) is 23.5 Å². The molecule has 0 atom stereocenters. The maximum Gasteiger partial charge on any atom is 0.218 e. The summed E-state index contributed by atoms with van der Waals surface area (Å²) in [6, 6.07) is 4.54. The lowest BCUT2D eigenvalue weighted by atomic mass is 10.1. The van der Waals surface area contributed by atoms with Crippen molar-refractivity contribution in [2.45, 2.75) is 46.7 Å². The van der Waals surface area contributed by atoms with Crippen molar-refractivity contribution in [3.63, 3.8) is 0 Å². The summed E-state index contributed by atoms with van der Waals surface area (Å²) in [4.78, 5) is 9.29. The zero-order valence-corrected chi connectivity index (χ0v) is 19.7. The number of hydrogen-bond donors (Lipinski definition) is 1. The van der Waals surface area contributed by atoms with Gasteiger partial charge in [0.25, 0.3) is 0 Å². The third kappa shape index (κ3) is 3.67. The minimum atomic E-state index is 0.270. The predicted octanol–water partition coefficient (Wildman–Crippen LogP) is 4.40. The Balaban J connectivity index is 1.68. The van der Waals surface area contributed by atoms with Gasteiger partial charge in [-0.2, -0.15) is 10.2 Å². The van der Waals surface area contributed by atoms with Crippen molar-refractivity contribution in [1.29, 1.82) is 0 Å². The summed E-state index contributed by atoms with van der Waals surface area (Å²) < 4.78 is 7.63. The number of hydrogen-bond acceptors (Lipinski definition) is 6. The number of anilines is 2. The Kier molecular flexibility index (Phi) is 4.99. The minimum Gasteiger partial charge on any atom is -0.331 e. The van der Waals surface area contributed by atoms with E-state index in [-0.39, 0.29) is 6.04 Å². The first-order valence-corrected chi connectivity index (χ1v) is 11.1. The summed E-state index contributed by atoms with van der Waals surface area (Å²) in [5, 5.41) is 17.6. The van der Waals surface area contributed by atoms with Crippen molar-refractivity contribution in [2.75, 3.05) is 5.32 Å². The summed E-state index contributed by atoms with van der Waals surface area (Å²) >= 11 is 0. The summed E-state index contributed by atoms with van der Waals surface area (Å²) in [6.45, 7) is 10.5. The fraction of sp³-hybridized carbons (Fsp3) is 0.348. The average Bonchev–Trinajstić information content (AvgIpc) is 3.54. The van der Waals surface area contributed by atoms with Crippen LogP contribution in [-0.2, 0) is 7.05 Å². The van der Waals surface area contributed by atoms with Crippen LogP contribution in [0.1, 0.15) is 45.3 Å². The van der Waals surface area contributed by atoms with Crippen LogP contribution < -0.4 is 5.32 Å². The largest absolute Gasteiger partial charge is 0.331 e. The third-order valence-corrected chi connectivity index (χ3v) is 5.70. The highest BCUT2D eigenvalue weighted by atomic mass is 15.3. The summed E-state index contributed by atoms with van der Waals surface area (Å²) in [5.74, 6) is 2.60. The molecule has 1 N–H and O–H groups in total. The Bertz CT molecular complexity index is 1430. The van der Waals surface area contributed by atoms with E-state index in [9.17, 15) is 0 Å². The normalized spacial score (nSPS) is 11.9. The zero-order valence-electron chi connectivity index (χ0n) is 19.7. The van der Waals surface area contributed by atoms with E-state index in [4.69, 9.17) is 15.2 Å². The van der Waals surface area contributed by atoms with E-state index in [2.05, 4.69) is 50.0 Å². The second kappa shape index (κ2) is 7.88. The molecule has 0 bridgehead atoms. The zero-order chi connectivity index (χ0) is 23.3. The van der Waals surface area contributed by atoms with Crippen molar-refractivity contribution >= 4 is 17.2 Å². The molecule has 0 aliphatic rings. The van der Waals surface area contributed by atoms with Crippen molar-refractivity contribution in [3.8, 4) is 22.9 Å². The lowest BCUT2D eigenvalue weighted by molar-refractivity contribution is 0.534. The number of aryl methyl sites for hydroxylation is 2. The second-order valence-corrected chi connectivity index (χ2v) is 8.78. The Morgan fingerprint density at radius 3 is 2.27 bits per heavy atom. The smallest absolute Gasteiger partial charge is 0.218 e. The molecule has 10 heteroatoms. The monoisotopic (exact) mass is 444 g/mol. The summed E-state index contributed by atoms with van der Waals surface area (Å²) in [6.07, 6.45) is 9.59. The molecule has 0 saturated heterocycles. The van der Waals surface area contributed by atoms with Crippen LogP contribution in [0.15, 0.2) is 43.1 Å². The molecular formula is C23H28N10. The SMILES string of the molecule is Cc1c(-c2ccn(C(C)C)n2)cn2nc(-c3nccn3C)nc(Nc3ccn(C(C)C)n3)c12. The molecule has 5 rings (SSSR count). The van der Waals surface area contributed by atoms with E-state index in [1.165, 1.54) is 0 Å². The molecule has 0 aliphatic carbocycles. The van der Waals surface area contributed by atoms with Crippen molar-refractivity contribution in [2.24, 2.45) is 7.05 Å². The highest BCUT2D eigenvalue weighted by Gasteiger charge is 2.20. The van der Waals surface area contributed by atoms with Gasteiger partial charge in [-0.15, -0.1) is 5.10 Å². The van der Waals surface area contributed by atoms with E-state index < -0.39 is 0 Å². The Hall–Kier alpha value is -3.95. The van der Waals surface area contributed by atoms with Gasteiger partial charge in [0.2, 0.25) is 5.82 Å². The minimum absolute atomic E-state index is 0.270. The molecule has 0 saturated carbocycles. The van der Waals surface area contributed by atoms with Crippen LogP contribution in [0.4, 0.5) is 11.6 Å². The van der Waals surface area contributed by atoms with Crippen LogP contribution in [0.5, 0.6) is 0 Å². The maximum atomic E-state index is 4.85. The molecule has 10 nitrogen and oxygen atoms in total. The first kappa shape index (κ1) is 20.9. The van der Waals surface area contributed by atoms with Crippen molar-refractivity contribution in [1.82, 2.24) is 43.7 Å². The van der Waals surface area contributed by atoms with Gasteiger partial charge in [-0.1, -0.05) is 0 Å². The fourth-order valence-electron chi connectivity index (χ4n) is 3.84. The van der Waals surface area contributed by atoms with Crippen LogP contribution in [0.25, 0.3) is 28.4 Å². The molecular weight excluding hydrogens is 416 g/mol. The number of nitrogens with zero attached hydrogens (tertiary/aromatic N) is 9. The van der Waals surface area contributed by atoms with Crippen LogP contribution in [0.3, 0.4) is 0 Å². The molecule has 0 fully saturated rings. The van der Waals surface area contributed by atoms with Gasteiger partial charge in [0.05, 0.1) is 5.69 Å². The van der Waals surface area contributed by atoms with Crippen LogP contribution in [0, 0.1) is 6.92 Å². The Morgan fingerprint density at radius 2 is 1.64 bits per heavy atom. The van der Waals surface area contributed by atoms with Crippen molar-refractivity contribution in [3.05, 3.63) is 48.7 Å². The first-order valence-electron chi connectivity index (χ1n) is 11.1. The van der Waals surface area contributed by atoms with Gasteiger partial charge >= 0.3 is 0 Å². The molecule has 0 radical (unpaired) electrons. The molecule has 0 aromatic carbocycles. The maximum absolute atomic E-state index is 4.85. The lowest BCUT2D eigenvalue weighted by Crippen LogP contribution is -2.07. The van der Waals surface area contributed by atoms with Gasteiger partial charge in [-0.25, -0.2) is 14.5 Å². The molecule has 5 aromatic rings. The van der Waals surface area contributed by atoms with E-state index >= 15 is 0 Å². The molecule has 0 unspecified atom stereocenters. The fourth-order valence-corrected chi connectivity index (χ4v) is 3.84. The van der Waals surface area contributed by atoms with Crippen LogP contribution in [-0.4, -0.2) is 43.7 Å². The molecule has 170 valence electrons. The van der Waals surface area contributed by atoms with Gasteiger partial charge in [-0.3, -0.25) is 9.36 Å².